The lowest BCUT2D eigenvalue weighted by Crippen LogP contribution is -2.39. The Bertz CT molecular complexity index is 506. The normalized spacial score (nSPS) is 19.0. The van der Waals surface area contributed by atoms with Gasteiger partial charge in [-0.05, 0) is 55.9 Å². The lowest BCUT2D eigenvalue weighted by Gasteiger charge is -2.30. The van der Waals surface area contributed by atoms with E-state index in [2.05, 4.69) is 10.4 Å². The van der Waals surface area contributed by atoms with Gasteiger partial charge in [0, 0.05) is 21.1 Å². The van der Waals surface area contributed by atoms with Crippen LogP contribution < -0.4 is 5.43 Å². The van der Waals surface area contributed by atoms with E-state index in [0.29, 0.717) is 12.2 Å². The Labute approximate surface area is 134 Å². The molecule has 1 saturated carbocycles. The SMILES string of the molecule is C\C=C(C)/C=C(\C=C\F)/C=C(/C(=NC)NN(C)C)C1CCC1. The monoisotopic (exact) mass is 305 g/mol. The van der Waals surface area contributed by atoms with Gasteiger partial charge >= 0.3 is 0 Å². The molecule has 0 bridgehead atoms. The summed E-state index contributed by atoms with van der Waals surface area (Å²) in [5.41, 5.74) is 6.35. The van der Waals surface area contributed by atoms with Crippen LogP contribution in [0.1, 0.15) is 33.1 Å². The molecule has 1 aliphatic rings. The second-order valence-electron chi connectivity index (χ2n) is 5.78. The molecule has 1 aliphatic carbocycles. The molecule has 3 nitrogen and oxygen atoms in total. The zero-order chi connectivity index (χ0) is 16.5. The number of halogens is 1. The van der Waals surface area contributed by atoms with Crippen molar-refractivity contribution >= 4 is 5.84 Å². The molecule has 0 spiro atoms. The zero-order valence-electron chi connectivity index (χ0n) is 14.4. The van der Waals surface area contributed by atoms with E-state index in [4.69, 9.17) is 0 Å². The molecule has 0 saturated heterocycles. The Hall–Kier alpha value is -1.68. The molecule has 0 aromatic carbocycles. The molecule has 0 aromatic heterocycles. The van der Waals surface area contributed by atoms with E-state index in [0.717, 1.165) is 35.4 Å². The third kappa shape index (κ3) is 5.60. The molecule has 1 rings (SSSR count). The number of hydrogen-bond acceptors (Lipinski definition) is 2. The van der Waals surface area contributed by atoms with Gasteiger partial charge in [0.15, 0.2) is 0 Å². The highest BCUT2D eigenvalue weighted by molar-refractivity contribution is 5.99. The predicted molar refractivity (Wildman–Crippen MR) is 93.4 cm³/mol. The number of nitrogens with zero attached hydrogens (tertiary/aromatic N) is 2. The van der Waals surface area contributed by atoms with Gasteiger partial charge in [-0.3, -0.25) is 4.99 Å². The van der Waals surface area contributed by atoms with E-state index in [1.54, 1.807) is 7.05 Å². The molecule has 0 amide bonds. The summed E-state index contributed by atoms with van der Waals surface area (Å²) in [5, 5.41) is 1.88. The Balaban J connectivity index is 3.20. The maximum atomic E-state index is 12.7. The van der Waals surface area contributed by atoms with Crippen LogP contribution in [-0.4, -0.2) is 32.0 Å². The van der Waals surface area contributed by atoms with Crippen molar-refractivity contribution in [2.24, 2.45) is 10.9 Å². The van der Waals surface area contributed by atoms with Crippen molar-refractivity contribution in [3.8, 4) is 0 Å². The van der Waals surface area contributed by atoms with Crippen molar-refractivity contribution < 1.29 is 4.39 Å². The van der Waals surface area contributed by atoms with Gasteiger partial charge in [0.2, 0.25) is 0 Å². The van der Waals surface area contributed by atoms with Crippen LogP contribution >= 0.6 is 0 Å². The van der Waals surface area contributed by atoms with Crippen molar-refractivity contribution in [2.75, 3.05) is 21.1 Å². The summed E-state index contributed by atoms with van der Waals surface area (Å²) < 4.78 is 12.7. The zero-order valence-corrected chi connectivity index (χ0v) is 14.4. The third-order valence-corrected chi connectivity index (χ3v) is 3.80. The van der Waals surface area contributed by atoms with E-state index in [-0.39, 0.29) is 0 Å². The minimum absolute atomic E-state index is 0.494. The second-order valence-corrected chi connectivity index (χ2v) is 5.78. The molecular formula is C18H28FN3. The van der Waals surface area contributed by atoms with Crippen LogP contribution in [0.3, 0.4) is 0 Å². The summed E-state index contributed by atoms with van der Waals surface area (Å²) in [7, 11) is 5.65. The van der Waals surface area contributed by atoms with Gasteiger partial charge < -0.3 is 5.43 Å². The first-order valence-electron chi connectivity index (χ1n) is 7.75. The number of amidine groups is 1. The van der Waals surface area contributed by atoms with Crippen LogP contribution in [0.4, 0.5) is 4.39 Å². The minimum Gasteiger partial charge on any atom is -0.304 e. The van der Waals surface area contributed by atoms with Crippen LogP contribution in [0.25, 0.3) is 0 Å². The van der Waals surface area contributed by atoms with Crippen LogP contribution in [-0.2, 0) is 0 Å². The number of hydrazine groups is 1. The van der Waals surface area contributed by atoms with Gasteiger partial charge in [-0.2, -0.15) is 0 Å². The van der Waals surface area contributed by atoms with Crippen LogP contribution in [0.15, 0.2) is 52.3 Å². The van der Waals surface area contributed by atoms with Crippen molar-refractivity contribution in [1.29, 1.82) is 0 Å². The molecule has 0 radical (unpaired) electrons. The number of allylic oxidation sites excluding steroid dienone is 6. The molecular weight excluding hydrogens is 277 g/mol. The van der Waals surface area contributed by atoms with Crippen LogP contribution in [0.2, 0.25) is 0 Å². The van der Waals surface area contributed by atoms with E-state index in [1.807, 2.05) is 51.2 Å². The molecule has 22 heavy (non-hydrogen) atoms. The van der Waals surface area contributed by atoms with Gasteiger partial charge in [0.25, 0.3) is 0 Å². The smallest absolute Gasteiger partial charge is 0.138 e. The first-order valence-corrected chi connectivity index (χ1v) is 7.75. The molecule has 0 heterocycles. The second kappa shape index (κ2) is 9.36. The summed E-state index contributed by atoms with van der Waals surface area (Å²) in [6, 6.07) is 0. The standard InChI is InChI=1S/C18H28FN3/c1-6-14(2)12-15(10-11-19)13-17(16-8-7-9-16)18(20-3)21-22(4)5/h6,10-13,16H,7-9H2,1-5H3,(H,20,21)/b11-10+,14-6-,15-12+,17-13+. The highest BCUT2D eigenvalue weighted by atomic mass is 19.1. The topological polar surface area (TPSA) is 27.6 Å². The number of hydrogen-bond donors (Lipinski definition) is 1. The lowest BCUT2D eigenvalue weighted by atomic mass is 9.78. The fraction of sp³-hybridized carbons (Fsp3) is 0.500. The van der Waals surface area contributed by atoms with E-state index in [1.165, 1.54) is 12.5 Å². The Morgan fingerprint density at radius 3 is 2.36 bits per heavy atom. The molecule has 0 atom stereocenters. The van der Waals surface area contributed by atoms with Crippen LogP contribution in [0, 0.1) is 5.92 Å². The number of rotatable bonds is 6. The summed E-state index contributed by atoms with van der Waals surface area (Å²) in [6.07, 6.45) is 11.7. The molecule has 0 aromatic rings. The molecule has 1 N–H and O–H groups in total. The predicted octanol–water partition coefficient (Wildman–Crippen LogP) is 4.18. The third-order valence-electron chi connectivity index (χ3n) is 3.80. The molecule has 0 unspecified atom stereocenters. The molecule has 4 heteroatoms. The fourth-order valence-corrected chi connectivity index (χ4v) is 2.29. The first kappa shape index (κ1) is 18.4. The largest absolute Gasteiger partial charge is 0.304 e. The Kier molecular flexibility index (Phi) is 7.82. The van der Waals surface area contributed by atoms with Gasteiger partial charge in [-0.15, -0.1) is 0 Å². The lowest BCUT2D eigenvalue weighted by molar-refractivity contribution is 0.347. The van der Waals surface area contributed by atoms with Crippen molar-refractivity contribution in [3.05, 3.63) is 47.4 Å². The summed E-state index contributed by atoms with van der Waals surface area (Å²) >= 11 is 0. The maximum Gasteiger partial charge on any atom is 0.138 e. The summed E-state index contributed by atoms with van der Waals surface area (Å²) in [5.74, 6) is 1.35. The van der Waals surface area contributed by atoms with Crippen molar-refractivity contribution in [3.63, 3.8) is 0 Å². The van der Waals surface area contributed by atoms with Gasteiger partial charge in [-0.1, -0.05) is 24.1 Å². The highest BCUT2D eigenvalue weighted by Gasteiger charge is 2.25. The quantitative estimate of drug-likeness (QED) is 0.345. The maximum absolute atomic E-state index is 12.7. The van der Waals surface area contributed by atoms with Crippen molar-refractivity contribution in [2.45, 2.75) is 33.1 Å². The summed E-state index contributed by atoms with van der Waals surface area (Å²) in [6.45, 7) is 3.99. The minimum atomic E-state index is 0.494. The highest BCUT2D eigenvalue weighted by Crippen LogP contribution is 2.34. The number of aliphatic imine (C=N–C) groups is 1. The molecule has 0 aliphatic heterocycles. The fourth-order valence-electron chi connectivity index (χ4n) is 2.29. The molecule has 1 fully saturated rings. The average molecular weight is 305 g/mol. The first-order chi connectivity index (χ1) is 10.5. The van der Waals surface area contributed by atoms with E-state index in [9.17, 15) is 4.39 Å². The van der Waals surface area contributed by atoms with E-state index < -0.39 is 0 Å². The van der Waals surface area contributed by atoms with Gasteiger partial charge in [0.1, 0.15) is 5.84 Å². The number of nitrogens with one attached hydrogen (secondary N) is 1. The van der Waals surface area contributed by atoms with Crippen LogP contribution in [0.5, 0.6) is 0 Å². The average Bonchev–Trinajstić information content (AvgIpc) is 2.41. The van der Waals surface area contributed by atoms with E-state index >= 15 is 0 Å². The Morgan fingerprint density at radius 1 is 1.27 bits per heavy atom. The van der Waals surface area contributed by atoms with Gasteiger partial charge in [-0.25, -0.2) is 9.40 Å². The molecule has 122 valence electrons. The van der Waals surface area contributed by atoms with Gasteiger partial charge in [0.05, 0.1) is 6.33 Å². The van der Waals surface area contributed by atoms with Crippen molar-refractivity contribution in [1.82, 2.24) is 10.4 Å². The summed E-state index contributed by atoms with van der Waals surface area (Å²) in [4.78, 5) is 4.38. The Morgan fingerprint density at radius 2 is 1.95 bits per heavy atom.